The van der Waals surface area contributed by atoms with Gasteiger partial charge in [-0.25, -0.2) is 0 Å². The van der Waals surface area contributed by atoms with Gasteiger partial charge in [0.05, 0.1) is 0 Å². The Bertz CT molecular complexity index is 408. The molecule has 0 bridgehead atoms. The smallest absolute Gasteiger partial charge is 0.231 e. The maximum atomic E-state index is 9.07. The van der Waals surface area contributed by atoms with Crippen molar-refractivity contribution in [3.63, 3.8) is 0 Å². The summed E-state index contributed by atoms with van der Waals surface area (Å²) in [5, 5.41) is 9.07. The van der Waals surface area contributed by atoms with Crippen LogP contribution in [0.5, 0.6) is 11.5 Å². The second-order valence-electron chi connectivity index (χ2n) is 4.54. The fraction of sp³-hybridized carbons (Fsp3) is 0.538. The Morgan fingerprint density at radius 1 is 1.29 bits per heavy atom. The molecule has 17 heavy (non-hydrogen) atoms. The molecule has 0 radical (unpaired) electrons. The average Bonchev–Trinajstić information content (AvgIpc) is 2.96. The topological polar surface area (TPSA) is 41.9 Å². The first-order chi connectivity index (χ1) is 8.38. The molecule has 0 saturated carbocycles. The number of fused-ring (bicyclic) bond motifs is 1. The summed E-state index contributed by atoms with van der Waals surface area (Å²) in [5.41, 5.74) is 1.17. The SMILES string of the molecule is OCCC1CCCN1c1ccc2c(c1)OCO2. The number of nitrogens with zero attached hydrogens (tertiary/aromatic N) is 1. The molecule has 1 fully saturated rings. The van der Waals surface area contributed by atoms with Crippen LogP contribution in [0.3, 0.4) is 0 Å². The van der Waals surface area contributed by atoms with E-state index in [1.165, 1.54) is 12.1 Å². The lowest BCUT2D eigenvalue weighted by atomic mass is 10.1. The number of rotatable bonds is 3. The minimum Gasteiger partial charge on any atom is -0.454 e. The summed E-state index contributed by atoms with van der Waals surface area (Å²) < 4.78 is 10.7. The fourth-order valence-corrected chi connectivity index (χ4v) is 2.69. The normalized spacial score (nSPS) is 22.2. The molecule has 2 heterocycles. The summed E-state index contributed by atoms with van der Waals surface area (Å²) in [6.07, 6.45) is 3.20. The molecule has 3 rings (SSSR count). The standard InChI is InChI=1S/C13H17NO3/c15-7-5-10-2-1-6-14(10)11-3-4-12-13(8-11)17-9-16-12/h3-4,8,10,15H,1-2,5-7,9H2. The maximum absolute atomic E-state index is 9.07. The number of hydrogen-bond donors (Lipinski definition) is 1. The Kier molecular flexibility index (Phi) is 2.81. The van der Waals surface area contributed by atoms with E-state index in [0.29, 0.717) is 12.8 Å². The zero-order valence-electron chi connectivity index (χ0n) is 9.76. The van der Waals surface area contributed by atoms with Gasteiger partial charge in [0.15, 0.2) is 11.5 Å². The average molecular weight is 235 g/mol. The van der Waals surface area contributed by atoms with Gasteiger partial charge >= 0.3 is 0 Å². The van der Waals surface area contributed by atoms with Crippen molar-refractivity contribution in [3.05, 3.63) is 18.2 Å². The molecule has 0 aliphatic carbocycles. The van der Waals surface area contributed by atoms with Gasteiger partial charge in [0.2, 0.25) is 6.79 Å². The van der Waals surface area contributed by atoms with Crippen molar-refractivity contribution in [1.29, 1.82) is 0 Å². The lowest BCUT2D eigenvalue weighted by Crippen LogP contribution is -2.29. The summed E-state index contributed by atoms with van der Waals surface area (Å²) in [6.45, 7) is 1.63. The van der Waals surface area contributed by atoms with E-state index in [1.807, 2.05) is 12.1 Å². The predicted octanol–water partition coefficient (Wildman–Crippen LogP) is 1.77. The van der Waals surface area contributed by atoms with E-state index < -0.39 is 0 Å². The van der Waals surface area contributed by atoms with Gasteiger partial charge in [-0.2, -0.15) is 0 Å². The lowest BCUT2D eigenvalue weighted by molar-refractivity contribution is 0.174. The molecular formula is C13H17NO3. The molecule has 1 aromatic carbocycles. The van der Waals surface area contributed by atoms with Crippen LogP contribution in [-0.4, -0.2) is 31.1 Å². The third-order valence-corrected chi connectivity index (χ3v) is 3.53. The van der Waals surface area contributed by atoms with Crippen LogP contribution in [0.1, 0.15) is 19.3 Å². The fourth-order valence-electron chi connectivity index (χ4n) is 2.69. The van der Waals surface area contributed by atoms with Crippen LogP contribution in [0, 0.1) is 0 Å². The molecule has 1 N–H and O–H groups in total. The zero-order chi connectivity index (χ0) is 11.7. The Labute approximate surface area is 101 Å². The number of anilines is 1. The van der Waals surface area contributed by atoms with Gasteiger partial charge in [-0.15, -0.1) is 0 Å². The van der Waals surface area contributed by atoms with Gasteiger partial charge < -0.3 is 19.5 Å². The first kappa shape index (κ1) is 10.7. The molecule has 4 nitrogen and oxygen atoms in total. The van der Waals surface area contributed by atoms with Gasteiger partial charge in [-0.1, -0.05) is 0 Å². The largest absolute Gasteiger partial charge is 0.454 e. The highest BCUT2D eigenvalue weighted by Crippen LogP contribution is 2.37. The summed E-state index contributed by atoms with van der Waals surface area (Å²) in [4.78, 5) is 2.36. The zero-order valence-corrected chi connectivity index (χ0v) is 9.76. The van der Waals surface area contributed by atoms with Crippen molar-refractivity contribution in [2.24, 2.45) is 0 Å². The van der Waals surface area contributed by atoms with Crippen LogP contribution in [0.15, 0.2) is 18.2 Å². The molecule has 1 atom stereocenters. The summed E-state index contributed by atoms with van der Waals surface area (Å²) in [7, 11) is 0. The van der Waals surface area contributed by atoms with Crippen LogP contribution in [0.25, 0.3) is 0 Å². The Balaban J connectivity index is 1.83. The molecular weight excluding hydrogens is 218 g/mol. The Hall–Kier alpha value is -1.42. The molecule has 0 aromatic heterocycles. The highest BCUT2D eigenvalue weighted by Gasteiger charge is 2.25. The molecule has 2 aliphatic rings. The second kappa shape index (κ2) is 4.45. The molecule has 1 aromatic rings. The van der Waals surface area contributed by atoms with Crippen LogP contribution >= 0.6 is 0 Å². The number of aliphatic hydroxyl groups is 1. The maximum Gasteiger partial charge on any atom is 0.231 e. The van der Waals surface area contributed by atoms with Crippen molar-refractivity contribution < 1.29 is 14.6 Å². The third kappa shape index (κ3) is 1.93. The molecule has 1 saturated heterocycles. The van der Waals surface area contributed by atoms with Crippen LogP contribution in [0.2, 0.25) is 0 Å². The number of ether oxygens (including phenoxy) is 2. The summed E-state index contributed by atoms with van der Waals surface area (Å²) >= 11 is 0. The minimum absolute atomic E-state index is 0.256. The number of benzene rings is 1. The van der Waals surface area contributed by atoms with Crippen LogP contribution in [0.4, 0.5) is 5.69 Å². The van der Waals surface area contributed by atoms with Crippen LogP contribution in [-0.2, 0) is 0 Å². The highest BCUT2D eigenvalue weighted by molar-refractivity contribution is 5.58. The van der Waals surface area contributed by atoms with Crippen molar-refractivity contribution >= 4 is 5.69 Å². The van der Waals surface area contributed by atoms with Crippen molar-refractivity contribution in [2.45, 2.75) is 25.3 Å². The predicted molar refractivity (Wildman–Crippen MR) is 64.6 cm³/mol. The molecule has 1 unspecified atom stereocenters. The van der Waals surface area contributed by atoms with Crippen molar-refractivity contribution in [2.75, 3.05) is 24.8 Å². The molecule has 92 valence electrons. The summed E-state index contributed by atoms with van der Waals surface area (Å²) in [5.74, 6) is 1.66. The third-order valence-electron chi connectivity index (χ3n) is 3.53. The van der Waals surface area contributed by atoms with Gasteiger partial charge in [0, 0.05) is 30.9 Å². The van der Waals surface area contributed by atoms with Gasteiger partial charge in [0.1, 0.15) is 0 Å². The number of hydrogen-bond acceptors (Lipinski definition) is 4. The van der Waals surface area contributed by atoms with Gasteiger partial charge in [0.25, 0.3) is 0 Å². The molecule has 0 amide bonds. The summed E-state index contributed by atoms with van der Waals surface area (Å²) in [6, 6.07) is 6.54. The van der Waals surface area contributed by atoms with E-state index in [2.05, 4.69) is 11.0 Å². The minimum atomic E-state index is 0.256. The van der Waals surface area contributed by atoms with E-state index in [1.54, 1.807) is 0 Å². The van der Waals surface area contributed by atoms with Crippen LogP contribution < -0.4 is 14.4 Å². The van der Waals surface area contributed by atoms with E-state index in [-0.39, 0.29) is 6.61 Å². The second-order valence-corrected chi connectivity index (χ2v) is 4.54. The van der Waals surface area contributed by atoms with E-state index in [0.717, 1.165) is 30.9 Å². The lowest BCUT2D eigenvalue weighted by Gasteiger charge is -2.26. The van der Waals surface area contributed by atoms with Gasteiger partial charge in [-0.3, -0.25) is 0 Å². The Morgan fingerprint density at radius 3 is 3.06 bits per heavy atom. The monoisotopic (exact) mass is 235 g/mol. The molecule has 4 heteroatoms. The molecule has 0 spiro atoms. The highest BCUT2D eigenvalue weighted by atomic mass is 16.7. The van der Waals surface area contributed by atoms with E-state index in [9.17, 15) is 0 Å². The number of aliphatic hydroxyl groups excluding tert-OH is 1. The van der Waals surface area contributed by atoms with Gasteiger partial charge in [-0.05, 0) is 31.4 Å². The molecule has 2 aliphatic heterocycles. The van der Waals surface area contributed by atoms with E-state index in [4.69, 9.17) is 14.6 Å². The van der Waals surface area contributed by atoms with Crippen molar-refractivity contribution in [1.82, 2.24) is 0 Å². The van der Waals surface area contributed by atoms with Crippen molar-refractivity contribution in [3.8, 4) is 11.5 Å². The Morgan fingerprint density at radius 2 is 2.18 bits per heavy atom. The first-order valence-corrected chi connectivity index (χ1v) is 6.15. The quantitative estimate of drug-likeness (QED) is 0.867. The van der Waals surface area contributed by atoms with E-state index >= 15 is 0 Å². The first-order valence-electron chi connectivity index (χ1n) is 6.15.